The number of nitrogens with one attached hydrogen (secondary N) is 3. The summed E-state index contributed by atoms with van der Waals surface area (Å²) < 4.78 is 0. The third-order valence-corrected chi connectivity index (χ3v) is 6.92. The number of carbonyl (C=O) groups excluding carboxylic acids is 2. The maximum atomic E-state index is 13.4. The van der Waals surface area contributed by atoms with Crippen molar-refractivity contribution in [2.24, 2.45) is 0 Å². The van der Waals surface area contributed by atoms with Crippen molar-refractivity contribution in [2.75, 3.05) is 29.9 Å². The number of hydrogen-bond acceptors (Lipinski definition) is 7. The number of amides is 2. The van der Waals surface area contributed by atoms with Crippen molar-refractivity contribution in [1.29, 1.82) is 0 Å². The summed E-state index contributed by atoms with van der Waals surface area (Å²) in [7, 11) is 0. The number of aromatic nitrogens is 1. The Kier molecular flexibility index (Phi) is 9.05. The van der Waals surface area contributed by atoms with Crippen LogP contribution in [0.15, 0.2) is 60.1 Å². The minimum Gasteiger partial charge on any atom is -0.390 e. The van der Waals surface area contributed by atoms with E-state index in [-0.39, 0.29) is 11.8 Å². The van der Waals surface area contributed by atoms with Crippen LogP contribution in [0.1, 0.15) is 40.7 Å². The van der Waals surface area contributed by atoms with Crippen molar-refractivity contribution in [1.82, 2.24) is 15.6 Å². The lowest BCUT2D eigenvalue weighted by atomic mass is 10.00. The van der Waals surface area contributed by atoms with Gasteiger partial charge in [0.05, 0.1) is 12.1 Å². The highest BCUT2D eigenvalue weighted by Crippen LogP contribution is 2.27. The molecule has 0 radical (unpaired) electrons. The zero-order valence-corrected chi connectivity index (χ0v) is 21.3. The fraction of sp³-hybridized carbons (Fsp3) is 0.370. The average molecular weight is 508 g/mol. The Morgan fingerprint density at radius 2 is 2.06 bits per heavy atom. The van der Waals surface area contributed by atoms with Crippen LogP contribution >= 0.6 is 11.3 Å². The molecule has 190 valence electrons. The maximum Gasteiger partial charge on any atom is 0.251 e. The molecule has 2 atom stereocenters. The van der Waals surface area contributed by atoms with Crippen molar-refractivity contribution in [3.8, 4) is 0 Å². The van der Waals surface area contributed by atoms with Gasteiger partial charge >= 0.3 is 0 Å². The van der Waals surface area contributed by atoms with Gasteiger partial charge in [0.2, 0.25) is 5.91 Å². The summed E-state index contributed by atoms with van der Waals surface area (Å²) in [6, 6.07) is 14.7. The molecule has 36 heavy (non-hydrogen) atoms. The van der Waals surface area contributed by atoms with Crippen LogP contribution in [0.5, 0.6) is 0 Å². The summed E-state index contributed by atoms with van der Waals surface area (Å²) in [5.41, 5.74) is 2.96. The summed E-state index contributed by atoms with van der Waals surface area (Å²) in [5, 5.41) is 23.4. The molecule has 0 bridgehead atoms. The molecule has 0 saturated carbocycles. The van der Waals surface area contributed by atoms with Gasteiger partial charge in [-0.2, -0.15) is 0 Å². The minimum atomic E-state index is -0.814. The Balaban J connectivity index is 1.51. The van der Waals surface area contributed by atoms with Crippen molar-refractivity contribution in [3.63, 3.8) is 0 Å². The molecule has 0 spiro atoms. The van der Waals surface area contributed by atoms with Crippen molar-refractivity contribution < 1.29 is 14.7 Å². The standard InChI is InChI=1S/C27H33N5O3S/c1-2-29-21-14-20(15-22(16-21)32-11-6-9-26(32)34)27(35)31-23(13-19-7-4-3-5-8-19)24(33)17-28-18-25-30-10-12-36-25/h3-5,7-8,10,12,14-16,23-24,28-29,33H,2,6,9,11,13,17-18H2,1H3,(H,31,35)/t23-,24+/m0/s1. The number of carbonyl (C=O) groups is 2. The van der Waals surface area contributed by atoms with Gasteiger partial charge in [0, 0.05) is 61.1 Å². The largest absolute Gasteiger partial charge is 0.390 e. The molecule has 2 aromatic carbocycles. The van der Waals surface area contributed by atoms with Gasteiger partial charge in [0.15, 0.2) is 0 Å². The van der Waals surface area contributed by atoms with Crippen LogP contribution in [-0.2, 0) is 17.8 Å². The minimum absolute atomic E-state index is 0.0682. The van der Waals surface area contributed by atoms with Crippen LogP contribution in [0.4, 0.5) is 11.4 Å². The predicted molar refractivity (Wildman–Crippen MR) is 143 cm³/mol. The van der Waals surface area contributed by atoms with Gasteiger partial charge < -0.3 is 26.0 Å². The van der Waals surface area contributed by atoms with Crippen LogP contribution in [0.2, 0.25) is 0 Å². The van der Waals surface area contributed by atoms with E-state index in [9.17, 15) is 14.7 Å². The lowest BCUT2D eigenvalue weighted by molar-refractivity contribution is -0.117. The maximum absolute atomic E-state index is 13.4. The zero-order valence-electron chi connectivity index (χ0n) is 20.4. The van der Waals surface area contributed by atoms with E-state index in [2.05, 4.69) is 20.9 Å². The van der Waals surface area contributed by atoms with Gasteiger partial charge in [-0.05, 0) is 43.5 Å². The normalized spacial score (nSPS) is 15.1. The van der Waals surface area contributed by atoms with E-state index in [1.807, 2.05) is 48.7 Å². The molecule has 0 unspecified atom stereocenters. The van der Waals surface area contributed by atoms with E-state index in [0.29, 0.717) is 50.3 Å². The number of rotatable bonds is 12. The first kappa shape index (κ1) is 25.8. The van der Waals surface area contributed by atoms with Crippen LogP contribution in [0.25, 0.3) is 0 Å². The molecule has 1 saturated heterocycles. The van der Waals surface area contributed by atoms with E-state index >= 15 is 0 Å². The average Bonchev–Trinajstić information content (AvgIpc) is 3.56. The summed E-state index contributed by atoms with van der Waals surface area (Å²) >= 11 is 1.55. The molecule has 9 heteroatoms. The van der Waals surface area contributed by atoms with Crippen molar-refractivity contribution in [3.05, 3.63) is 76.2 Å². The molecule has 1 aromatic heterocycles. The van der Waals surface area contributed by atoms with Crippen molar-refractivity contribution >= 4 is 34.5 Å². The number of anilines is 2. The van der Waals surface area contributed by atoms with Crippen LogP contribution in [0, 0.1) is 0 Å². The van der Waals surface area contributed by atoms with Gasteiger partial charge in [-0.3, -0.25) is 9.59 Å². The second kappa shape index (κ2) is 12.6. The number of benzene rings is 2. The summed E-state index contributed by atoms with van der Waals surface area (Å²) in [6.45, 7) is 4.19. The van der Waals surface area contributed by atoms with Gasteiger partial charge in [-0.1, -0.05) is 30.3 Å². The summed E-state index contributed by atoms with van der Waals surface area (Å²) in [4.78, 5) is 31.8. The molecule has 8 nitrogen and oxygen atoms in total. The Bertz CT molecular complexity index is 1140. The highest BCUT2D eigenvalue weighted by Gasteiger charge is 2.25. The smallest absolute Gasteiger partial charge is 0.251 e. The highest BCUT2D eigenvalue weighted by molar-refractivity contribution is 7.09. The third-order valence-electron chi connectivity index (χ3n) is 6.14. The molecular weight excluding hydrogens is 474 g/mol. The Morgan fingerprint density at radius 1 is 1.22 bits per heavy atom. The Labute approximate surface area is 215 Å². The third kappa shape index (κ3) is 6.90. The Hall–Kier alpha value is -3.27. The molecule has 2 heterocycles. The molecule has 4 N–H and O–H groups in total. The lowest BCUT2D eigenvalue weighted by Crippen LogP contribution is -2.48. The Morgan fingerprint density at radius 3 is 2.75 bits per heavy atom. The summed E-state index contributed by atoms with van der Waals surface area (Å²) in [6.07, 6.45) is 2.75. The quantitative estimate of drug-likeness (QED) is 0.300. The first-order valence-corrected chi connectivity index (χ1v) is 13.2. The number of aliphatic hydroxyl groups excluding tert-OH is 1. The van der Waals surface area contributed by atoms with E-state index in [0.717, 1.165) is 22.7 Å². The molecule has 1 fully saturated rings. The first-order valence-electron chi connectivity index (χ1n) is 12.3. The molecule has 4 rings (SSSR count). The molecular formula is C27H33N5O3S. The number of hydrogen-bond donors (Lipinski definition) is 4. The fourth-order valence-electron chi connectivity index (χ4n) is 4.34. The number of thiazole rings is 1. The zero-order chi connectivity index (χ0) is 25.3. The van der Waals surface area contributed by atoms with E-state index in [4.69, 9.17) is 0 Å². The molecule has 1 aliphatic rings. The summed E-state index contributed by atoms with van der Waals surface area (Å²) in [5.74, 6) is -0.221. The predicted octanol–water partition coefficient (Wildman–Crippen LogP) is 3.19. The second-order valence-corrected chi connectivity index (χ2v) is 9.82. The van der Waals surface area contributed by atoms with Gasteiger partial charge in [-0.15, -0.1) is 11.3 Å². The van der Waals surface area contributed by atoms with Crippen LogP contribution in [0.3, 0.4) is 0 Å². The van der Waals surface area contributed by atoms with E-state index in [1.165, 1.54) is 0 Å². The van der Waals surface area contributed by atoms with Crippen LogP contribution < -0.4 is 20.9 Å². The van der Waals surface area contributed by atoms with E-state index in [1.54, 1.807) is 34.6 Å². The topological polar surface area (TPSA) is 107 Å². The highest BCUT2D eigenvalue weighted by atomic mass is 32.1. The fourth-order valence-corrected chi connectivity index (χ4v) is 4.92. The van der Waals surface area contributed by atoms with Crippen LogP contribution in [-0.4, -0.2) is 53.7 Å². The second-order valence-electron chi connectivity index (χ2n) is 8.84. The number of nitrogens with zero attached hydrogens (tertiary/aromatic N) is 2. The number of aliphatic hydroxyl groups is 1. The molecule has 3 aromatic rings. The SMILES string of the molecule is CCNc1cc(C(=O)N[C@@H](Cc2ccccc2)[C@H](O)CNCc2nccs2)cc(N2CCCC2=O)c1. The molecule has 1 aliphatic heterocycles. The van der Waals surface area contributed by atoms with Gasteiger partial charge in [-0.25, -0.2) is 4.98 Å². The molecule has 0 aliphatic carbocycles. The monoisotopic (exact) mass is 507 g/mol. The molecule has 2 amide bonds. The van der Waals surface area contributed by atoms with Gasteiger partial charge in [0.25, 0.3) is 5.91 Å². The lowest BCUT2D eigenvalue weighted by Gasteiger charge is -2.25. The van der Waals surface area contributed by atoms with E-state index < -0.39 is 12.1 Å². The van der Waals surface area contributed by atoms with Crippen molar-refractivity contribution in [2.45, 2.75) is 44.9 Å². The first-order chi connectivity index (χ1) is 17.5. The van der Waals surface area contributed by atoms with Gasteiger partial charge in [0.1, 0.15) is 5.01 Å².